The van der Waals surface area contributed by atoms with Crippen LogP contribution in [0.25, 0.3) is 0 Å². The Morgan fingerprint density at radius 2 is 2.21 bits per heavy atom. The standard InChI is InChI=1S/C7H14N2O4S/c1-2-3-13-6(11)7(12,14)9-5(10)4-8/h12,14H,2-4,8H2,1H3,(H,9,10). The molecule has 7 heteroatoms. The number of amides is 1. The second-order valence-corrected chi connectivity index (χ2v) is 3.21. The minimum absolute atomic E-state index is 0.153. The first-order valence-electron chi connectivity index (χ1n) is 4.07. The molecule has 1 unspecified atom stereocenters. The lowest BCUT2D eigenvalue weighted by atomic mass is 10.5. The Bertz CT molecular complexity index is 220. The largest absolute Gasteiger partial charge is 0.461 e. The van der Waals surface area contributed by atoms with Crippen molar-refractivity contribution in [1.29, 1.82) is 0 Å². The monoisotopic (exact) mass is 222 g/mol. The number of aliphatic hydroxyl groups is 1. The summed E-state index contributed by atoms with van der Waals surface area (Å²) in [6.45, 7) is 1.60. The van der Waals surface area contributed by atoms with Crippen LogP contribution in [-0.2, 0) is 14.3 Å². The summed E-state index contributed by atoms with van der Waals surface area (Å²) in [5.41, 5.74) is 4.97. The quantitative estimate of drug-likeness (QED) is 0.260. The molecular weight excluding hydrogens is 208 g/mol. The van der Waals surface area contributed by atoms with Crippen LogP contribution in [0.15, 0.2) is 0 Å². The molecule has 0 aromatic rings. The fraction of sp³-hybridized carbons (Fsp3) is 0.714. The van der Waals surface area contributed by atoms with E-state index >= 15 is 0 Å². The van der Waals surface area contributed by atoms with Crippen LogP contribution in [0.3, 0.4) is 0 Å². The van der Waals surface area contributed by atoms with Crippen LogP contribution in [0.1, 0.15) is 13.3 Å². The smallest absolute Gasteiger partial charge is 0.370 e. The first kappa shape index (κ1) is 13.2. The molecule has 0 aromatic heterocycles. The third-order valence-corrected chi connectivity index (χ3v) is 1.52. The predicted molar refractivity (Wildman–Crippen MR) is 52.4 cm³/mol. The van der Waals surface area contributed by atoms with Gasteiger partial charge in [0.05, 0.1) is 13.2 Å². The summed E-state index contributed by atoms with van der Waals surface area (Å²) >= 11 is 3.54. The van der Waals surface area contributed by atoms with Gasteiger partial charge >= 0.3 is 5.97 Å². The highest BCUT2D eigenvalue weighted by atomic mass is 32.1. The molecule has 0 aliphatic rings. The van der Waals surface area contributed by atoms with Crippen molar-refractivity contribution >= 4 is 24.5 Å². The predicted octanol–water partition coefficient (Wildman–Crippen LogP) is -1.41. The fourth-order valence-corrected chi connectivity index (χ4v) is 0.781. The normalized spacial score (nSPS) is 14.3. The summed E-state index contributed by atoms with van der Waals surface area (Å²) in [7, 11) is 0. The Labute approximate surface area is 87.2 Å². The minimum Gasteiger partial charge on any atom is -0.461 e. The zero-order valence-corrected chi connectivity index (χ0v) is 8.71. The first-order valence-corrected chi connectivity index (χ1v) is 4.51. The van der Waals surface area contributed by atoms with Gasteiger partial charge < -0.3 is 20.9 Å². The van der Waals surface area contributed by atoms with E-state index in [4.69, 9.17) is 5.73 Å². The first-order chi connectivity index (χ1) is 6.44. The topological polar surface area (TPSA) is 102 Å². The Morgan fingerprint density at radius 1 is 1.64 bits per heavy atom. The van der Waals surface area contributed by atoms with E-state index in [0.29, 0.717) is 6.42 Å². The van der Waals surface area contributed by atoms with Crippen molar-refractivity contribution < 1.29 is 19.4 Å². The van der Waals surface area contributed by atoms with Crippen molar-refractivity contribution in [2.45, 2.75) is 18.4 Å². The highest BCUT2D eigenvalue weighted by Crippen LogP contribution is 2.08. The third-order valence-electron chi connectivity index (χ3n) is 1.22. The van der Waals surface area contributed by atoms with Crippen LogP contribution in [0.5, 0.6) is 0 Å². The second kappa shape index (κ2) is 5.84. The lowest BCUT2D eigenvalue weighted by Crippen LogP contribution is -2.52. The van der Waals surface area contributed by atoms with Gasteiger partial charge in [-0.1, -0.05) is 6.92 Å². The van der Waals surface area contributed by atoms with Crippen LogP contribution in [0.4, 0.5) is 0 Å². The molecule has 0 aliphatic carbocycles. The Hall–Kier alpha value is -0.790. The summed E-state index contributed by atoms with van der Waals surface area (Å²) in [5.74, 6) is -1.72. The molecule has 0 aliphatic heterocycles. The highest BCUT2D eigenvalue weighted by molar-refractivity contribution is 7.82. The highest BCUT2D eigenvalue weighted by Gasteiger charge is 2.34. The number of nitrogens with one attached hydrogen (secondary N) is 1. The SMILES string of the molecule is CCCOC(=O)C(O)(S)NC(=O)CN. The summed E-state index contributed by atoms with van der Waals surface area (Å²) in [5, 5.41) is 8.90. The Balaban J connectivity index is 4.15. The van der Waals surface area contributed by atoms with Crippen molar-refractivity contribution in [2.24, 2.45) is 5.73 Å². The van der Waals surface area contributed by atoms with E-state index in [-0.39, 0.29) is 13.2 Å². The molecule has 0 saturated heterocycles. The zero-order valence-electron chi connectivity index (χ0n) is 7.82. The maximum Gasteiger partial charge on any atom is 0.370 e. The Kier molecular flexibility index (Phi) is 5.51. The van der Waals surface area contributed by atoms with Crippen molar-refractivity contribution in [1.82, 2.24) is 5.32 Å². The number of ether oxygens (including phenoxy) is 1. The molecule has 0 bridgehead atoms. The molecule has 0 saturated carbocycles. The van der Waals surface area contributed by atoms with Gasteiger partial charge in [-0.2, -0.15) is 0 Å². The average molecular weight is 222 g/mol. The van der Waals surface area contributed by atoms with Crippen LogP contribution < -0.4 is 11.1 Å². The lowest BCUT2D eigenvalue weighted by molar-refractivity contribution is -0.160. The van der Waals surface area contributed by atoms with Gasteiger partial charge in [0, 0.05) is 0 Å². The summed E-state index contributed by atoms with van der Waals surface area (Å²) in [4.78, 5) is 21.8. The number of esters is 1. The van der Waals surface area contributed by atoms with Crippen LogP contribution in [-0.4, -0.2) is 35.2 Å². The molecular formula is C7H14N2O4S. The van der Waals surface area contributed by atoms with Gasteiger partial charge in [-0.05, 0) is 6.42 Å². The molecule has 0 spiro atoms. The van der Waals surface area contributed by atoms with Gasteiger partial charge in [0.25, 0.3) is 5.06 Å². The van der Waals surface area contributed by atoms with E-state index in [1.807, 2.05) is 5.32 Å². The molecule has 0 fully saturated rings. The van der Waals surface area contributed by atoms with Crippen molar-refractivity contribution in [2.75, 3.05) is 13.2 Å². The number of hydrogen-bond acceptors (Lipinski definition) is 6. The van der Waals surface area contributed by atoms with Crippen molar-refractivity contribution in [3.8, 4) is 0 Å². The van der Waals surface area contributed by atoms with E-state index < -0.39 is 16.9 Å². The van der Waals surface area contributed by atoms with Gasteiger partial charge in [0.15, 0.2) is 0 Å². The van der Waals surface area contributed by atoms with Gasteiger partial charge in [0.1, 0.15) is 0 Å². The van der Waals surface area contributed by atoms with E-state index in [0.717, 1.165) is 0 Å². The van der Waals surface area contributed by atoms with Crippen molar-refractivity contribution in [3.05, 3.63) is 0 Å². The van der Waals surface area contributed by atoms with E-state index in [1.54, 1.807) is 6.92 Å². The number of carbonyl (C=O) groups excluding carboxylic acids is 2. The number of hydrogen-bond donors (Lipinski definition) is 4. The van der Waals surface area contributed by atoms with Gasteiger partial charge in [0.2, 0.25) is 5.91 Å². The molecule has 4 N–H and O–H groups in total. The van der Waals surface area contributed by atoms with Gasteiger partial charge in [-0.15, -0.1) is 12.6 Å². The fourth-order valence-electron chi connectivity index (χ4n) is 0.592. The molecule has 0 heterocycles. The number of rotatable bonds is 5. The van der Waals surface area contributed by atoms with Gasteiger partial charge in [-0.25, -0.2) is 4.79 Å². The Morgan fingerprint density at radius 3 is 2.64 bits per heavy atom. The molecule has 1 atom stereocenters. The summed E-state index contributed by atoms with van der Waals surface area (Å²) < 4.78 is 4.58. The van der Waals surface area contributed by atoms with Gasteiger partial charge in [-0.3, -0.25) is 4.79 Å². The molecule has 1 amide bonds. The molecule has 14 heavy (non-hydrogen) atoms. The van der Waals surface area contributed by atoms with Crippen molar-refractivity contribution in [3.63, 3.8) is 0 Å². The molecule has 82 valence electrons. The lowest BCUT2D eigenvalue weighted by Gasteiger charge is -2.20. The number of carbonyl (C=O) groups is 2. The second-order valence-electron chi connectivity index (χ2n) is 2.56. The zero-order chi connectivity index (χ0) is 11.2. The maximum absolute atomic E-state index is 11.1. The van der Waals surface area contributed by atoms with Crippen LogP contribution in [0, 0.1) is 0 Å². The maximum atomic E-state index is 11.1. The molecule has 0 rings (SSSR count). The van der Waals surface area contributed by atoms with Crippen LogP contribution in [0.2, 0.25) is 0 Å². The summed E-state index contributed by atoms with van der Waals surface area (Å²) in [6, 6.07) is 0. The molecule has 0 radical (unpaired) electrons. The third kappa shape index (κ3) is 4.45. The number of nitrogens with two attached hydrogens (primary N) is 1. The van der Waals surface area contributed by atoms with E-state index in [2.05, 4.69) is 17.4 Å². The van der Waals surface area contributed by atoms with Crippen LogP contribution >= 0.6 is 12.6 Å². The van der Waals surface area contributed by atoms with E-state index in [1.165, 1.54) is 0 Å². The molecule has 0 aromatic carbocycles. The number of thiol groups is 1. The average Bonchev–Trinajstić information content (AvgIpc) is 2.13. The van der Waals surface area contributed by atoms with E-state index in [9.17, 15) is 14.7 Å². The minimum atomic E-state index is -2.31. The molecule has 6 nitrogen and oxygen atoms in total. The summed E-state index contributed by atoms with van der Waals surface area (Å²) in [6.07, 6.45) is 0.612.